The van der Waals surface area contributed by atoms with Gasteiger partial charge in [-0.05, 0) is 44.4 Å². The minimum absolute atomic E-state index is 0.153. The van der Waals surface area contributed by atoms with Gasteiger partial charge in [-0.15, -0.1) is 0 Å². The third kappa shape index (κ3) is 4.27. The maximum atomic E-state index is 12.2. The molecule has 1 rings (SSSR count). The van der Waals surface area contributed by atoms with Gasteiger partial charge in [-0.3, -0.25) is 4.79 Å². The summed E-state index contributed by atoms with van der Waals surface area (Å²) in [6, 6.07) is 8.09. The van der Waals surface area contributed by atoms with Gasteiger partial charge in [0.1, 0.15) is 6.04 Å². The van der Waals surface area contributed by atoms with E-state index in [0.29, 0.717) is 5.92 Å². The summed E-state index contributed by atoms with van der Waals surface area (Å²) in [6.07, 6.45) is 0. The van der Waals surface area contributed by atoms with Crippen LogP contribution in [0.5, 0.6) is 0 Å². The van der Waals surface area contributed by atoms with Gasteiger partial charge in [0.15, 0.2) is 0 Å². The summed E-state index contributed by atoms with van der Waals surface area (Å²) in [5, 5.41) is 3.29. The number of likely N-dealkylation sites (N-methyl/N-ethyl adjacent to an activating group) is 1. The zero-order chi connectivity index (χ0) is 14.4. The Morgan fingerprint density at radius 3 is 2.37 bits per heavy atom. The fraction of sp³-hybridized carbons (Fsp3) is 0.562. The van der Waals surface area contributed by atoms with Crippen molar-refractivity contribution in [1.82, 2.24) is 4.90 Å². The number of hydrogen-bond acceptors (Lipinski definition) is 2. The van der Waals surface area contributed by atoms with Crippen LogP contribution < -0.4 is 5.32 Å². The first-order chi connectivity index (χ1) is 8.99. The molecule has 1 amide bonds. The molecule has 0 aliphatic carbocycles. The topological polar surface area (TPSA) is 32.3 Å². The van der Waals surface area contributed by atoms with Crippen LogP contribution in [0.15, 0.2) is 24.3 Å². The van der Waals surface area contributed by atoms with E-state index in [2.05, 4.69) is 31.3 Å². The molecular formula is C16H26N2O. The largest absolute Gasteiger partial charge is 0.374 e. The molecule has 0 bridgehead atoms. The smallest absolute Gasteiger partial charge is 0.244 e. The lowest BCUT2D eigenvalue weighted by molar-refractivity contribution is -0.131. The summed E-state index contributed by atoms with van der Waals surface area (Å²) in [7, 11) is 0. The highest BCUT2D eigenvalue weighted by atomic mass is 16.2. The Hall–Kier alpha value is -1.51. The molecular weight excluding hydrogens is 236 g/mol. The fourth-order valence-corrected chi connectivity index (χ4v) is 2.11. The molecule has 0 aliphatic heterocycles. The number of rotatable bonds is 6. The van der Waals surface area contributed by atoms with Gasteiger partial charge in [0.2, 0.25) is 5.91 Å². The molecule has 0 aromatic heterocycles. The molecule has 1 unspecified atom stereocenters. The summed E-state index contributed by atoms with van der Waals surface area (Å²) in [6.45, 7) is 11.8. The van der Waals surface area contributed by atoms with Gasteiger partial charge in [-0.1, -0.05) is 26.0 Å². The molecule has 106 valence electrons. The Morgan fingerprint density at radius 1 is 1.21 bits per heavy atom. The Labute approximate surface area is 117 Å². The van der Waals surface area contributed by atoms with Crippen molar-refractivity contribution in [3.05, 3.63) is 29.8 Å². The van der Waals surface area contributed by atoms with Gasteiger partial charge >= 0.3 is 0 Å². The van der Waals surface area contributed by atoms with Crippen LogP contribution >= 0.6 is 0 Å². The van der Waals surface area contributed by atoms with E-state index in [1.807, 2.05) is 37.8 Å². The number of carbonyl (C=O) groups excluding carboxylic acids is 1. The fourth-order valence-electron chi connectivity index (χ4n) is 2.11. The number of carbonyl (C=O) groups is 1. The van der Waals surface area contributed by atoms with Crippen molar-refractivity contribution in [2.45, 2.75) is 46.6 Å². The lowest BCUT2D eigenvalue weighted by atomic mass is 10.0. The van der Waals surface area contributed by atoms with Gasteiger partial charge in [0.25, 0.3) is 0 Å². The third-order valence-electron chi connectivity index (χ3n) is 3.38. The minimum Gasteiger partial charge on any atom is -0.374 e. The monoisotopic (exact) mass is 262 g/mol. The minimum atomic E-state index is -0.192. The summed E-state index contributed by atoms with van der Waals surface area (Å²) in [4.78, 5) is 14.0. The Morgan fingerprint density at radius 2 is 1.84 bits per heavy atom. The molecule has 19 heavy (non-hydrogen) atoms. The predicted molar refractivity (Wildman–Crippen MR) is 81.5 cm³/mol. The van der Waals surface area contributed by atoms with Crippen LogP contribution in [0, 0.1) is 0 Å². The average Bonchev–Trinajstić information content (AvgIpc) is 2.40. The zero-order valence-corrected chi connectivity index (χ0v) is 12.7. The first-order valence-electron chi connectivity index (χ1n) is 7.14. The first kappa shape index (κ1) is 15.5. The van der Waals surface area contributed by atoms with Gasteiger partial charge in [0.05, 0.1) is 0 Å². The number of nitrogens with zero attached hydrogens (tertiary/aromatic N) is 1. The van der Waals surface area contributed by atoms with E-state index in [1.54, 1.807) is 0 Å². The number of amides is 1. The van der Waals surface area contributed by atoms with Crippen molar-refractivity contribution in [3.8, 4) is 0 Å². The number of nitrogens with one attached hydrogen (secondary N) is 1. The van der Waals surface area contributed by atoms with E-state index in [9.17, 15) is 4.79 Å². The van der Waals surface area contributed by atoms with Crippen LogP contribution in [0.1, 0.15) is 46.1 Å². The summed E-state index contributed by atoms with van der Waals surface area (Å²) < 4.78 is 0. The molecule has 0 aliphatic rings. The molecule has 0 fully saturated rings. The molecule has 3 heteroatoms. The molecule has 0 spiro atoms. The standard InChI is InChI=1S/C16H26N2O/c1-6-18(7-2)16(19)13(5)17-15-10-8-9-14(11-15)12(3)4/h8-13,17H,6-7H2,1-5H3. The maximum absolute atomic E-state index is 12.2. The average molecular weight is 262 g/mol. The Kier molecular flexibility index (Phi) is 5.87. The van der Waals surface area contributed by atoms with Gasteiger partial charge in [0, 0.05) is 18.8 Å². The van der Waals surface area contributed by atoms with Gasteiger partial charge in [-0.2, -0.15) is 0 Å². The van der Waals surface area contributed by atoms with Crippen LogP contribution in [0.2, 0.25) is 0 Å². The summed E-state index contributed by atoms with van der Waals surface area (Å²) in [5.74, 6) is 0.649. The maximum Gasteiger partial charge on any atom is 0.244 e. The van der Waals surface area contributed by atoms with Crippen molar-refractivity contribution in [2.24, 2.45) is 0 Å². The van der Waals surface area contributed by atoms with Gasteiger partial charge in [-0.25, -0.2) is 0 Å². The van der Waals surface area contributed by atoms with Crippen LogP contribution in [-0.4, -0.2) is 29.9 Å². The molecule has 0 saturated carbocycles. The molecule has 1 N–H and O–H groups in total. The van der Waals surface area contributed by atoms with Crippen molar-refractivity contribution in [2.75, 3.05) is 18.4 Å². The van der Waals surface area contributed by atoms with Crippen molar-refractivity contribution in [3.63, 3.8) is 0 Å². The zero-order valence-electron chi connectivity index (χ0n) is 12.7. The van der Waals surface area contributed by atoms with E-state index < -0.39 is 0 Å². The van der Waals surface area contributed by atoms with E-state index in [4.69, 9.17) is 0 Å². The quantitative estimate of drug-likeness (QED) is 0.851. The summed E-state index contributed by atoms with van der Waals surface area (Å²) in [5.41, 5.74) is 2.30. The number of benzene rings is 1. The Balaban J connectivity index is 2.73. The highest BCUT2D eigenvalue weighted by Crippen LogP contribution is 2.19. The SMILES string of the molecule is CCN(CC)C(=O)C(C)Nc1cccc(C(C)C)c1. The molecule has 0 radical (unpaired) electrons. The molecule has 3 nitrogen and oxygen atoms in total. The lowest BCUT2D eigenvalue weighted by Gasteiger charge is -2.24. The number of anilines is 1. The molecule has 0 saturated heterocycles. The van der Waals surface area contributed by atoms with E-state index >= 15 is 0 Å². The molecule has 0 heterocycles. The van der Waals surface area contributed by atoms with Crippen LogP contribution in [0.4, 0.5) is 5.69 Å². The van der Waals surface area contributed by atoms with E-state index in [-0.39, 0.29) is 11.9 Å². The Bertz CT molecular complexity index is 411. The lowest BCUT2D eigenvalue weighted by Crippen LogP contribution is -2.41. The van der Waals surface area contributed by atoms with Gasteiger partial charge < -0.3 is 10.2 Å². The third-order valence-corrected chi connectivity index (χ3v) is 3.38. The second kappa shape index (κ2) is 7.17. The second-order valence-electron chi connectivity index (χ2n) is 5.16. The van der Waals surface area contributed by atoms with Crippen molar-refractivity contribution >= 4 is 11.6 Å². The van der Waals surface area contributed by atoms with Crippen LogP contribution in [-0.2, 0) is 4.79 Å². The van der Waals surface area contributed by atoms with E-state index in [0.717, 1.165) is 18.8 Å². The van der Waals surface area contributed by atoms with Crippen LogP contribution in [0.25, 0.3) is 0 Å². The van der Waals surface area contributed by atoms with E-state index in [1.165, 1.54) is 5.56 Å². The van der Waals surface area contributed by atoms with Crippen molar-refractivity contribution < 1.29 is 4.79 Å². The molecule has 1 atom stereocenters. The van der Waals surface area contributed by atoms with Crippen LogP contribution in [0.3, 0.4) is 0 Å². The highest BCUT2D eigenvalue weighted by molar-refractivity contribution is 5.84. The van der Waals surface area contributed by atoms with Crippen molar-refractivity contribution in [1.29, 1.82) is 0 Å². The summed E-state index contributed by atoms with van der Waals surface area (Å²) >= 11 is 0. The number of hydrogen-bond donors (Lipinski definition) is 1. The first-order valence-corrected chi connectivity index (χ1v) is 7.14. The molecule has 1 aromatic rings. The highest BCUT2D eigenvalue weighted by Gasteiger charge is 2.17. The molecule has 1 aromatic carbocycles. The predicted octanol–water partition coefficient (Wildman–Crippen LogP) is 3.48. The normalized spacial score (nSPS) is 12.3. The second-order valence-corrected chi connectivity index (χ2v) is 5.16.